The summed E-state index contributed by atoms with van der Waals surface area (Å²) in [4.78, 5) is 27.3. The minimum atomic E-state index is -0.515. The monoisotopic (exact) mass is 401 g/mol. The molecule has 154 valence electrons. The summed E-state index contributed by atoms with van der Waals surface area (Å²) < 4.78 is 0. The number of anilines is 1. The molecule has 2 atom stereocenters. The molecule has 2 unspecified atom stereocenters. The van der Waals surface area contributed by atoms with Crippen LogP contribution < -0.4 is 15.5 Å². The van der Waals surface area contributed by atoms with E-state index in [1.54, 1.807) is 4.90 Å². The van der Waals surface area contributed by atoms with E-state index in [1.165, 1.54) is 5.56 Å². The molecule has 0 aliphatic carbocycles. The Bertz CT molecular complexity index is 1060. The molecule has 0 radical (unpaired) electrons. The highest BCUT2D eigenvalue weighted by atomic mass is 16.2. The van der Waals surface area contributed by atoms with E-state index < -0.39 is 6.04 Å². The van der Waals surface area contributed by atoms with Gasteiger partial charge in [0.15, 0.2) is 0 Å². The second kappa shape index (κ2) is 8.57. The first kappa shape index (κ1) is 20.0. The summed E-state index contributed by atoms with van der Waals surface area (Å²) in [6, 6.07) is 21.2. The Balaban J connectivity index is 1.44. The van der Waals surface area contributed by atoms with Crippen molar-refractivity contribution in [2.24, 2.45) is 0 Å². The van der Waals surface area contributed by atoms with Gasteiger partial charge in [0.2, 0.25) is 5.91 Å². The van der Waals surface area contributed by atoms with Gasteiger partial charge in [-0.15, -0.1) is 0 Å². The maximum Gasteiger partial charge on any atom is 0.315 e. The Morgan fingerprint density at radius 3 is 2.53 bits per heavy atom. The van der Waals surface area contributed by atoms with E-state index >= 15 is 0 Å². The van der Waals surface area contributed by atoms with Crippen LogP contribution in [0.1, 0.15) is 31.4 Å². The first-order chi connectivity index (χ1) is 14.6. The molecule has 3 aromatic carbocycles. The van der Waals surface area contributed by atoms with Gasteiger partial charge in [0.05, 0.1) is 0 Å². The van der Waals surface area contributed by atoms with Crippen molar-refractivity contribution in [1.29, 1.82) is 0 Å². The molecule has 0 bridgehead atoms. The Kier molecular flexibility index (Phi) is 5.70. The molecule has 5 nitrogen and oxygen atoms in total. The standard InChI is InChI=1S/C25H27N3O2/c1-3-18-13-14-19-9-7-8-12-21(19)22(18)16-26-25(30)27-23-15-17(2)28(24(23)29)20-10-5-4-6-11-20/h4-14,17,23H,3,15-16H2,1-2H3,(H2,26,27,30). The van der Waals surface area contributed by atoms with Crippen LogP contribution in [0.15, 0.2) is 66.7 Å². The van der Waals surface area contributed by atoms with Crippen LogP contribution in [0.4, 0.5) is 10.5 Å². The molecule has 0 spiro atoms. The molecule has 1 saturated heterocycles. The number of nitrogens with one attached hydrogen (secondary N) is 2. The van der Waals surface area contributed by atoms with E-state index in [0.717, 1.165) is 28.4 Å². The van der Waals surface area contributed by atoms with Crippen molar-refractivity contribution in [2.45, 2.75) is 45.3 Å². The highest BCUT2D eigenvalue weighted by molar-refractivity contribution is 6.01. The van der Waals surface area contributed by atoms with Crippen LogP contribution in [0.25, 0.3) is 10.8 Å². The van der Waals surface area contributed by atoms with Gasteiger partial charge in [0.25, 0.3) is 0 Å². The van der Waals surface area contributed by atoms with Crippen molar-refractivity contribution >= 4 is 28.4 Å². The minimum Gasteiger partial charge on any atom is -0.334 e. The highest BCUT2D eigenvalue weighted by Crippen LogP contribution is 2.26. The van der Waals surface area contributed by atoms with Crippen molar-refractivity contribution in [1.82, 2.24) is 10.6 Å². The summed E-state index contributed by atoms with van der Waals surface area (Å²) in [7, 11) is 0. The molecule has 1 heterocycles. The lowest BCUT2D eigenvalue weighted by molar-refractivity contribution is -0.118. The summed E-state index contributed by atoms with van der Waals surface area (Å²) in [6.07, 6.45) is 1.49. The normalized spacial score (nSPS) is 18.6. The number of para-hydroxylation sites is 1. The van der Waals surface area contributed by atoms with Crippen LogP contribution in [0.5, 0.6) is 0 Å². The molecule has 1 aliphatic heterocycles. The Morgan fingerprint density at radius 2 is 1.77 bits per heavy atom. The van der Waals surface area contributed by atoms with E-state index in [1.807, 2.05) is 49.4 Å². The van der Waals surface area contributed by atoms with Gasteiger partial charge in [0.1, 0.15) is 6.04 Å². The molecule has 1 aliphatic rings. The van der Waals surface area contributed by atoms with Gasteiger partial charge in [-0.3, -0.25) is 4.79 Å². The number of nitrogens with zero attached hydrogens (tertiary/aromatic N) is 1. The maximum absolute atomic E-state index is 12.9. The first-order valence-corrected chi connectivity index (χ1v) is 10.5. The fourth-order valence-corrected chi connectivity index (χ4v) is 4.32. The summed E-state index contributed by atoms with van der Waals surface area (Å²) in [5.41, 5.74) is 3.21. The van der Waals surface area contributed by atoms with Gasteiger partial charge in [-0.05, 0) is 53.8 Å². The average molecular weight is 402 g/mol. The van der Waals surface area contributed by atoms with Crippen molar-refractivity contribution in [3.05, 3.63) is 77.9 Å². The SMILES string of the molecule is CCc1ccc2ccccc2c1CNC(=O)NC1CC(C)N(c2ccccc2)C1=O. The second-order valence-corrected chi connectivity index (χ2v) is 7.79. The van der Waals surface area contributed by atoms with Crippen LogP contribution in [-0.4, -0.2) is 24.0 Å². The Labute approximate surface area is 177 Å². The predicted molar refractivity (Wildman–Crippen MR) is 120 cm³/mol. The highest BCUT2D eigenvalue weighted by Gasteiger charge is 2.38. The number of urea groups is 1. The Hall–Kier alpha value is -3.34. The first-order valence-electron chi connectivity index (χ1n) is 10.5. The largest absolute Gasteiger partial charge is 0.334 e. The second-order valence-electron chi connectivity index (χ2n) is 7.79. The zero-order valence-electron chi connectivity index (χ0n) is 17.4. The molecular weight excluding hydrogens is 374 g/mol. The third kappa shape index (κ3) is 3.88. The van der Waals surface area contributed by atoms with Crippen LogP contribution in [0.2, 0.25) is 0 Å². The number of carbonyl (C=O) groups is 2. The molecule has 3 aromatic rings. The summed E-state index contributed by atoms with van der Waals surface area (Å²) in [5, 5.41) is 8.14. The number of benzene rings is 3. The van der Waals surface area contributed by atoms with Crippen LogP contribution in [-0.2, 0) is 17.8 Å². The number of rotatable bonds is 5. The van der Waals surface area contributed by atoms with E-state index in [-0.39, 0.29) is 18.0 Å². The predicted octanol–water partition coefficient (Wildman–Crippen LogP) is 4.40. The fraction of sp³-hybridized carbons (Fsp3) is 0.280. The number of amides is 3. The topological polar surface area (TPSA) is 61.4 Å². The molecule has 1 fully saturated rings. The lowest BCUT2D eigenvalue weighted by atomic mass is 9.97. The van der Waals surface area contributed by atoms with Crippen molar-refractivity contribution < 1.29 is 9.59 Å². The molecule has 30 heavy (non-hydrogen) atoms. The molecule has 5 heteroatoms. The molecule has 0 saturated carbocycles. The third-order valence-corrected chi connectivity index (χ3v) is 5.84. The van der Waals surface area contributed by atoms with Crippen molar-refractivity contribution in [3.8, 4) is 0 Å². The zero-order chi connectivity index (χ0) is 21.1. The van der Waals surface area contributed by atoms with Crippen molar-refractivity contribution in [2.75, 3.05) is 4.90 Å². The van der Waals surface area contributed by atoms with Crippen LogP contribution in [0.3, 0.4) is 0 Å². The fourth-order valence-electron chi connectivity index (χ4n) is 4.32. The number of aryl methyl sites for hydroxylation is 1. The van der Waals surface area contributed by atoms with E-state index in [4.69, 9.17) is 0 Å². The van der Waals surface area contributed by atoms with Crippen LogP contribution in [0, 0.1) is 0 Å². The molecule has 3 amide bonds. The number of hydrogen-bond donors (Lipinski definition) is 2. The van der Waals surface area contributed by atoms with Gasteiger partial charge in [-0.2, -0.15) is 0 Å². The van der Waals surface area contributed by atoms with Gasteiger partial charge in [-0.1, -0.05) is 61.5 Å². The molecule has 0 aromatic heterocycles. The third-order valence-electron chi connectivity index (χ3n) is 5.84. The van der Waals surface area contributed by atoms with Crippen LogP contribution >= 0.6 is 0 Å². The van der Waals surface area contributed by atoms with E-state index in [2.05, 4.69) is 41.8 Å². The summed E-state index contributed by atoms with van der Waals surface area (Å²) in [6.45, 7) is 4.55. The Morgan fingerprint density at radius 1 is 1.03 bits per heavy atom. The average Bonchev–Trinajstić information content (AvgIpc) is 3.05. The lowest BCUT2D eigenvalue weighted by Crippen LogP contribution is -2.46. The van der Waals surface area contributed by atoms with E-state index in [0.29, 0.717) is 13.0 Å². The van der Waals surface area contributed by atoms with Gasteiger partial charge in [0, 0.05) is 18.3 Å². The van der Waals surface area contributed by atoms with E-state index in [9.17, 15) is 9.59 Å². The van der Waals surface area contributed by atoms with Gasteiger partial charge < -0.3 is 15.5 Å². The van der Waals surface area contributed by atoms with Gasteiger partial charge in [-0.25, -0.2) is 4.79 Å². The minimum absolute atomic E-state index is 0.0370. The number of fused-ring (bicyclic) bond motifs is 1. The molecule has 4 rings (SSSR count). The number of carbonyl (C=O) groups excluding carboxylic acids is 2. The summed E-state index contributed by atoms with van der Waals surface area (Å²) >= 11 is 0. The smallest absolute Gasteiger partial charge is 0.315 e. The lowest BCUT2D eigenvalue weighted by Gasteiger charge is -2.21. The van der Waals surface area contributed by atoms with Gasteiger partial charge >= 0.3 is 6.03 Å². The zero-order valence-corrected chi connectivity index (χ0v) is 17.4. The van der Waals surface area contributed by atoms with Crippen molar-refractivity contribution in [3.63, 3.8) is 0 Å². The summed E-state index contributed by atoms with van der Waals surface area (Å²) in [5.74, 6) is -0.0664. The number of hydrogen-bond acceptors (Lipinski definition) is 2. The molecular formula is C25H27N3O2. The molecule has 2 N–H and O–H groups in total. The quantitative estimate of drug-likeness (QED) is 0.666. The maximum atomic E-state index is 12.9.